The van der Waals surface area contributed by atoms with Crippen LogP contribution in [0.3, 0.4) is 0 Å². The van der Waals surface area contributed by atoms with Gasteiger partial charge in [0.1, 0.15) is 0 Å². The van der Waals surface area contributed by atoms with Crippen LogP contribution in [-0.2, 0) is 0 Å². The highest BCUT2D eigenvalue weighted by Gasteiger charge is 2.30. The maximum Gasteiger partial charge on any atom is 0.0655 e. The second kappa shape index (κ2) is 3.57. The van der Waals surface area contributed by atoms with E-state index in [1.807, 2.05) is 6.07 Å². The summed E-state index contributed by atoms with van der Waals surface area (Å²) < 4.78 is 0. The van der Waals surface area contributed by atoms with Gasteiger partial charge in [0.25, 0.3) is 0 Å². The Balaban J connectivity index is 2.55. The molecule has 82 valence electrons. The van der Waals surface area contributed by atoms with E-state index in [0.717, 1.165) is 17.1 Å². The molecule has 1 aliphatic heterocycles. The topological polar surface area (TPSA) is 12.0 Å². The van der Waals surface area contributed by atoms with E-state index in [2.05, 4.69) is 26.1 Å². The molecule has 0 saturated carbocycles. The molecule has 3 heteroatoms. The maximum atomic E-state index is 6.19. The molecule has 0 spiro atoms. The zero-order valence-electron chi connectivity index (χ0n) is 9.20. The predicted octanol–water partition coefficient (Wildman–Crippen LogP) is 4.69. The van der Waals surface area contributed by atoms with E-state index < -0.39 is 0 Å². The molecule has 0 aromatic heterocycles. The normalized spacial score (nSPS) is 23.1. The Kier molecular flexibility index (Phi) is 2.64. The van der Waals surface area contributed by atoms with Crippen LogP contribution in [0.5, 0.6) is 0 Å². The molecule has 1 heterocycles. The molecule has 0 saturated heterocycles. The van der Waals surface area contributed by atoms with Gasteiger partial charge in [0.15, 0.2) is 0 Å². The average Bonchev–Trinajstić information content (AvgIpc) is 2.06. The first-order valence-corrected chi connectivity index (χ1v) is 5.92. The first kappa shape index (κ1) is 11.1. The molecule has 15 heavy (non-hydrogen) atoms. The summed E-state index contributed by atoms with van der Waals surface area (Å²) in [5.41, 5.74) is 2.38. The molecule has 1 unspecified atom stereocenters. The van der Waals surface area contributed by atoms with Gasteiger partial charge >= 0.3 is 0 Å². The predicted molar refractivity (Wildman–Crippen MR) is 67.2 cm³/mol. The first-order valence-electron chi connectivity index (χ1n) is 5.16. The van der Waals surface area contributed by atoms with Crippen LogP contribution in [0.2, 0.25) is 10.0 Å². The Labute approximate surface area is 101 Å². The summed E-state index contributed by atoms with van der Waals surface area (Å²) in [6, 6.07) is 3.80. The van der Waals surface area contributed by atoms with Gasteiger partial charge in [0.2, 0.25) is 0 Å². The Morgan fingerprint density at radius 3 is 2.67 bits per heavy atom. The van der Waals surface area contributed by atoms with Crippen LogP contribution < -0.4 is 5.32 Å². The van der Waals surface area contributed by atoms with Crippen molar-refractivity contribution in [2.24, 2.45) is 0 Å². The smallest absolute Gasteiger partial charge is 0.0655 e. The largest absolute Gasteiger partial charge is 0.379 e. The lowest BCUT2D eigenvalue weighted by atomic mass is 9.82. The molecular weight excluding hydrogens is 229 g/mol. The summed E-state index contributed by atoms with van der Waals surface area (Å²) >= 11 is 12.2. The number of anilines is 1. The van der Waals surface area contributed by atoms with Crippen molar-refractivity contribution in [2.75, 3.05) is 5.32 Å². The van der Waals surface area contributed by atoms with E-state index >= 15 is 0 Å². The van der Waals surface area contributed by atoms with Gasteiger partial charge in [-0.3, -0.25) is 0 Å². The third kappa shape index (κ3) is 2.09. The van der Waals surface area contributed by atoms with Gasteiger partial charge in [-0.05, 0) is 43.9 Å². The van der Waals surface area contributed by atoms with Crippen molar-refractivity contribution >= 4 is 28.9 Å². The monoisotopic (exact) mass is 243 g/mol. The summed E-state index contributed by atoms with van der Waals surface area (Å²) in [5.74, 6) is 0.493. The summed E-state index contributed by atoms with van der Waals surface area (Å²) in [6.07, 6.45) is 1.09. The van der Waals surface area contributed by atoms with Crippen molar-refractivity contribution in [1.82, 2.24) is 0 Å². The van der Waals surface area contributed by atoms with Gasteiger partial charge in [0.05, 0.1) is 10.7 Å². The zero-order valence-corrected chi connectivity index (χ0v) is 10.7. The second-order valence-corrected chi connectivity index (χ2v) is 5.81. The Morgan fingerprint density at radius 1 is 1.33 bits per heavy atom. The molecule has 0 radical (unpaired) electrons. The van der Waals surface area contributed by atoms with Gasteiger partial charge in [-0.25, -0.2) is 0 Å². The molecule has 1 aromatic carbocycles. The molecule has 1 aromatic rings. The summed E-state index contributed by atoms with van der Waals surface area (Å²) in [7, 11) is 0. The number of fused-ring (bicyclic) bond motifs is 1. The number of benzene rings is 1. The van der Waals surface area contributed by atoms with Crippen LogP contribution in [0.15, 0.2) is 12.1 Å². The van der Waals surface area contributed by atoms with E-state index in [0.29, 0.717) is 10.9 Å². The Bertz CT molecular complexity index is 399. The molecule has 1 atom stereocenters. The fourth-order valence-electron chi connectivity index (χ4n) is 2.38. The van der Waals surface area contributed by atoms with Crippen LogP contribution >= 0.6 is 23.2 Å². The fraction of sp³-hybridized carbons (Fsp3) is 0.500. The van der Waals surface area contributed by atoms with Crippen molar-refractivity contribution in [3.63, 3.8) is 0 Å². The zero-order chi connectivity index (χ0) is 11.2. The molecule has 1 aliphatic rings. The lowest BCUT2D eigenvalue weighted by molar-refractivity contribution is 0.454. The second-order valence-electron chi connectivity index (χ2n) is 4.97. The quantitative estimate of drug-likeness (QED) is 0.698. The first-order chi connectivity index (χ1) is 6.89. The van der Waals surface area contributed by atoms with Crippen molar-refractivity contribution in [3.05, 3.63) is 27.7 Å². The third-order valence-corrected chi connectivity index (χ3v) is 3.41. The maximum absolute atomic E-state index is 6.19. The van der Waals surface area contributed by atoms with Gasteiger partial charge in [0, 0.05) is 10.6 Å². The van der Waals surface area contributed by atoms with Crippen molar-refractivity contribution in [1.29, 1.82) is 0 Å². The van der Waals surface area contributed by atoms with E-state index in [4.69, 9.17) is 23.2 Å². The Morgan fingerprint density at radius 2 is 2.00 bits per heavy atom. The number of halogens is 2. The highest BCUT2D eigenvalue weighted by Crippen LogP contribution is 2.43. The lowest BCUT2D eigenvalue weighted by Crippen LogP contribution is -2.36. The van der Waals surface area contributed by atoms with E-state index in [-0.39, 0.29) is 5.54 Å². The number of hydrogen-bond donors (Lipinski definition) is 1. The SMILES string of the molecule is CC1CC(C)(C)Nc2c(Cl)cc(Cl)cc21. The Hall–Kier alpha value is -0.400. The van der Waals surface area contributed by atoms with Gasteiger partial charge in [-0.1, -0.05) is 30.1 Å². The van der Waals surface area contributed by atoms with E-state index in [1.165, 1.54) is 5.56 Å². The standard InChI is InChI=1S/C12H15Cl2N/c1-7-6-12(2,3)15-11-9(7)4-8(13)5-10(11)14/h4-5,7,15H,6H2,1-3H3. The molecular formula is C12H15Cl2N. The minimum atomic E-state index is 0.101. The van der Waals surface area contributed by atoms with Gasteiger partial charge < -0.3 is 5.32 Å². The molecule has 0 fully saturated rings. The van der Waals surface area contributed by atoms with Crippen molar-refractivity contribution in [3.8, 4) is 0 Å². The van der Waals surface area contributed by atoms with Crippen LogP contribution in [-0.4, -0.2) is 5.54 Å². The molecule has 0 amide bonds. The highest BCUT2D eigenvalue weighted by molar-refractivity contribution is 6.36. The van der Waals surface area contributed by atoms with Crippen LogP contribution in [0.25, 0.3) is 0 Å². The highest BCUT2D eigenvalue weighted by atomic mass is 35.5. The van der Waals surface area contributed by atoms with Crippen molar-refractivity contribution < 1.29 is 0 Å². The van der Waals surface area contributed by atoms with E-state index in [1.54, 1.807) is 6.07 Å². The molecule has 1 N–H and O–H groups in total. The van der Waals surface area contributed by atoms with Crippen LogP contribution in [0, 0.1) is 0 Å². The molecule has 0 aliphatic carbocycles. The van der Waals surface area contributed by atoms with Crippen LogP contribution in [0.1, 0.15) is 38.7 Å². The number of nitrogens with one attached hydrogen (secondary N) is 1. The van der Waals surface area contributed by atoms with Gasteiger partial charge in [-0.15, -0.1) is 0 Å². The minimum absolute atomic E-state index is 0.101. The van der Waals surface area contributed by atoms with Crippen LogP contribution in [0.4, 0.5) is 5.69 Å². The minimum Gasteiger partial charge on any atom is -0.379 e. The summed E-state index contributed by atoms with van der Waals surface area (Å²) in [4.78, 5) is 0. The third-order valence-electron chi connectivity index (χ3n) is 2.90. The average molecular weight is 244 g/mol. The van der Waals surface area contributed by atoms with E-state index in [9.17, 15) is 0 Å². The number of rotatable bonds is 0. The molecule has 0 bridgehead atoms. The molecule has 1 nitrogen and oxygen atoms in total. The fourth-order valence-corrected chi connectivity index (χ4v) is 2.94. The summed E-state index contributed by atoms with van der Waals surface area (Å²) in [6.45, 7) is 6.60. The number of hydrogen-bond acceptors (Lipinski definition) is 1. The summed E-state index contributed by atoms with van der Waals surface area (Å²) in [5, 5.41) is 4.91. The van der Waals surface area contributed by atoms with Gasteiger partial charge in [-0.2, -0.15) is 0 Å². The lowest BCUT2D eigenvalue weighted by Gasteiger charge is -2.38. The molecule has 2 rings (SSSR count). The van der Waals surface area contributed by atoms with Crippen molar-refractivity contribution in [2.45, 2.75) is 38.6 Å².